The summed E-state index contributed by atoms with van der Waals surface area (Å²) in [7, 11) is -4.10. The molecule has 0 spiro atoms. The van der Waals surface area contributed by atoms with Gasteiger partial charge in [-0.05, 0) is 17.2 Å². The molecule has 0 aromatic heterocycles. The smallest absolute Gasteiger partial charge is 0.113 e. The first-order valence-electron chi connectivity index (χ1n) is 7.90. The predicted octanol–water partition coefficient (Wildman–Crippen LogP) is 5.59. The Bertz CT molecular complexity index is 481. The third kappa shape index (κ3) is 4.78. The lowest BCUT2D eigenvalue weighted by molar-refractivity contribution is 0.876. The molecule has 21 heavy (non-hydrogen) atoms. The zero-order valence-corrected chi connectivity index (χ0v) is 18.2. The van der Waals surface area contributed by atoms with Crippen LogP contribution in [0.1, 0.15) is 11.1 Å². The first-order valence-corrected chi connectivity index (χ1v) is 18.0. The van der Waals surface area contributed by atoms with Crippen molar-refractivity contribution in [3.63, 3.8) is 0 Å². The topological polar surface area (TPSA) is 3.24 Å². The van der Waals surface area contributed by atoms with E-state index in [2.05, 4.69) is 87.1 Å². The lowest BCUT2D eigenvalue weighted by Gasteiger charge is -2.53. The Kier molecular flexibility index (Phi) is 5.64. The molecule has 0 N–H and O–H groups in total. The number of benzene rings is 1. The van der Waals surface area contributed by atoms with Gasteiger partial charge in [-0.1, -0.05) is 89.3 Å². The van der Waals surface area contributed by atoms with Crippen LogP contribution in [0.4, 0.5) is 0 Å². The average Bonchev–Trinajstić information content (AvgIpc) is 2.23. The Balaban J connectivity index is 3.22. The van der Waals surface area contributed by atoms with Crippen molar-refractivity contribution in [2.45, 2.75) is 58.4 Å². The molecular weight excluding hydrogens is 302 g/mol. The lowest BCUT2D eigenvalue weighted by Crippen LogP contribution is -2.70. The van der Waals surface area contributed by atoms with Crippen LogP contribution in [0.2, 0.25) is 52.4 Å². The molecule has 1 rings (SSSR count). The molecule has 0 heterocycles. The second-order valence-corrected chi connectivity index (χ2v) is 23.9. The Morgan fingerprint density at radius 2 is 1.38 bits per heavy atom. The number of hydrogen-bond donors (Lipinski definition) is 0. The number of hydrogen-bond acceptors (Lipinski definition) is 1. The molecule has 0 saturated heterocycles. The second kappa shape index (κ2) is 6.36. The first kappa shape index (κ1) is 18.6. The number of rotatable bonds is 6. The minimum atomic E-state index is -1.48. The summed E-state index contributed by atoms with van der Waals surface area (Å²) >= 11 is 0. The molecule has 0 aliphatic heterocycles. The van der Waals surface area contributed by atoms with Gasteiger partial charge in [-0.15, -0.1) is 0 Å². The fraction of sp³-hybridized carbons (Fsp3) is 0.529. The van der Waals surface area contributed by atoms with Gasteiger partial charge in [0.25, 0.3) is 0 Å². The van der Waals surface area contributed by atoms with E-state index in [1.807, 2.05) is 6.08 Å². The zero-order chi connectivity index (χ0) is 16.5. The van der Waals surface area contributed by atoms with Gasteiger partial charge in [0.15, 0.2) is 0 Å². The molecular formula is C17H33NSi3. The summed E-state index contributed by atoms with van der Waals surface area (Å²) in [5.74, 6) is 0. The van der Waals surface area contributed by atoms with Crippen LogP contribution in [-0.2, 0) is 6.04 Å². The van der Waals surface area contributed by atoms with E-state index in [1.54, 1.807) is 0 Å². The molecule has 0 aliphatic carbocycles. The van der Waals surface area contributed by atoms with Gasteiger partial charge < -0.3 is 3.90 Å². The van der Waals surface area contributed by atoms with Crippen molar-refractivity contribution in [3.05, 3.63) is 42.0 Å². The van der Waals surface area contributed by atoms with Gasteiger partial charge in [-0.3, -0.25) is 0 Å². The Hall–Kier alpha value is -0.429. The van der Waals surface area contributed by atoms with Gasteiger partial charge in [0.1, 0.15) is 24.7 Å². The van der Waals surface area contributed by atoms with Crippen molar-refractivity contribution < 1.29 is 0 Å². The largest absolute Gasteiger partial charge is 0.368 e. The van der Waals surface area contributed by atoms with E-state index in [0.717, 1.165) is 0 Å². The van der Waals surface area contributed by atoms with Crippen LogP contribution in [0.5, 0.6) is 0 Å². The van der Waals surface area contributed by atoms with Crippen LogP contribution >= 0.6 is 0 Å². The Labute approximate surface area is 135 Å². The van der Waals surface area contributed by atoms with E-state index in [4.69, 9.17) is 0 Å². The fourth-order valence-electron chi connectivity index (χ4n) is 4.26. The minimum absolute atomic E-state index is 1.23. The van der Waals surface area contributed by atoms with Gasteiger partial charge in [-0.25, -0.2) is 0 Å². The zero-order valence-electron chi connectivity index (χ0n) is 15.2. The highest BCUT2D eigenvalue weighted by molar-refractivity contribution is 7.03. The highest BCUT2D eigenvalue weighted by Gasteiger charge is 2.44. The summed E-state index contributed by atoms with van der Waals surface area (Å²) in [5, 5.41) is 0. The quantitative estimate of drug-likeness (QED) is 0.613. The van der Waals surface area contributed by atoms with Crippen molar-refractivity contribution >= 4 is 30.8 Å². The molecule has 1 aromatic carbocycles. The average molecular weight is 336 g/mol. The minimum Gasteiger partial charge on any atom is -0.368 e. The molecule has 0 unspecified atom stereocenters. The van der Waals surface area contributed by atoms with Gasteiger partial charge >= 0.3 is 0 Å². The van der Waals surface area contributed by atoms with Crippen molar-refractivity contribution in [2.24, 2.45) is 0 Å². The maximum Gasteiger partial charge on any atom is 0.113 e. The molecule has 0 bridgehead atoms. The van der Waals surface area contributed by atoms with Gasteiger partial charge in [0.2, 0.25) is 0 Å². The molecule has 1 aromatic rings. The van der Waals surface area contributed by atoms with Crippen molar-refractivity contribution in [1.82, 2.24) is 3.90 Å². The first-order chi connectivity index (χ1) is 9.39. The highest BCUT2D eigenvalue weighted by atomic mass is 28.5. The van der Waals surface area contributed by atoms with Crippen LogP contribution in [0.15, 0.2) is 30.8 Å². The summed E-state index contributed by atoms with van der Waals surface area (Å²) in [4.78, 5) is 0. The van der Waals surface area contributed by atoms with E-state index in [1.165, 1.54) is 17.2 Å². The predicted molar refractivity (Wildman–Crippen MR) is 106 cm³/mol. The van der Waals surface area contributed by atoms with Crippen LogP contribution in [0.3, 0.4) is 0 Å². The summed E-state index contributed by atoms with van der Waals surface area (Å²) in [6, 6.07) is 9.99. The summed E-state index contributed by atoms with van der Waals surface area (Å²) in [5.41, 5.74) is 2.79. The molecule has 0 fully saturated rings. The van der Waals surface area contributed by atoms with Gasteiger partial charge in [0.05, 0.1) is 0 Å². The van der Waals surface area contributed by atoms with Crippen molar-refractivity contribution in [2.75, 3.05) is 0 Å². The summed E-state index contributed by atoms with van der Waals surface area (Å²) in [6.45, 7) is 24.2. The maximum absolute atomic E-state index is 3.98. The van der Waals surface area contributed by atoms with Crippen molar-refractivity contribution in [3.8, 4) is 0 Å². The molecule has 0 saturated carbocycles. The molecule has 0 radical (unpaired) electrons. The fourth-order valence-corrected chi connectivity index (χ4v) is 28.7. The molecule has 0 aliphatic rings. The van der Waals surface area contributed by atoms with Gasteiger partial charge in [-0.2, -0.15) is 0 Å². The van der Waals surface area contributed by atoms with E-state index in [0.29, 0.717) is 0 Å². The number of nitrogens with zero attached hydrogens (tertiary/aromatic N) is 1. The molecule has 4 heteroatoms. The Morgan fingerprint density at radius 1 is 0.905 bits per heavy atom. The SMILES string of the molecule is C=Cc1ccccc1C[Si](C)(C)N([Si](C)(C)C)[Si](C)(C)C. The molecule has 118 valence electrons. The molecule has 0 amide bonds. The molecule has 0 atom stereocenters. The van der Waals surface area contributed by atoms with Crippen molar-refractivity contribution in [1.29, 1.82) is 0 Å². The highest BCUT2D eigenvalue weighted by Crippen LogP contribution is 2.30. The summed E-state index contributed by atoms with van der Waals surface area (Å²) in [6.07, 6.45) is 2.01. The van der Waals surface area contributed by atoms with Crippen LogP contribution in [0, 0.1) is 0 Å². The van der Waals surface area contributed by atoms with E-state index >= 15 is 0 Å². The molecule has 1 nitrogen and oxygen atoms in total. The third-order valence-corrected chi connectivity index (χ3v) is 20.7. The third-order valence-electron chi connectivity index (χ3n) is 3.85. The van der Waals surface area contributed by atoms with Gasteiger partial charge in [0, 0.05) is 0 Å². The van der Waals surface area contributed by atoms with E-state index in [-0.39, 0.29) is 0 Å². The summed E-state index contributed by atoms with van der Waals surface area (Å²) < 4.78 is 3.05. The van der Waals surface area contributed by atoms with Crippen LogP contribution < -0.4 is 0 Å². The standard InChI is InChI=1S/C17H33NSi3/c1-10-16-13-11-12-14-17(16)15-21(8,9)18(19(2,3)4)20(5,6)7/h10-14H,1,15H2,2-9H3. The van der Waals surface area contributed by atoms with Crippen LogP contribution in [0.25, 0.3) is 6.08 Å². The van der Waals surface area contributed by atoms with E-state index < -0.39 is 24.7 Å². The normalized spacial score (nSPS) is 13.6. The van der Waals surface area contributed by atoms with Crippen LogP contribution in [-0.4, -0.2) is 28.6 Å². The Morgan fingerprint density at radius 3 is 1.81 bits per heavy atom. The maximum atomic E-state index is 3.98. The lowest BCUT2D eigenvalue weighted by atomic mass is 10.1. The van der Waals surface area contributed by atoms with E-state index in [9.17, 15) is 0 Å². The second-order valence-electron chi connectivity index (χ2n) is 8.57. The monoisotopic (exact) mass is 335 g/mol.